The lowest BCUT2D eigenvalue weighted by atomic mass is 10.5. The Hall–Kier alpha value is -0.200. The van der Waals surface area contributed by atoms with Crippen molar-refractivity contribution in [3.63, 3.8) is 0 Å². The van der Waals surface area contributed by atoms with E-state index >= 15 is 0 Å². The van der Waals surface area contributed by atoms with Gasteiger partial charge in [0.15, 0.2) is 0 Å². The van der Waals surface area contributed by atoms with E-state index in [0.29, 0.717) is 19.8 Å². The summed E-state index contributed by atoms with van der Waals surface area (Å²) in [5, 5.41) is 0. The molecule has 0 radical (unpaired) electrons. The first-order valence-corrected chi connectivity index (χ1v) is 6.17. The number of rotatable bonds is 5. The van der Waals surface area contributed by atoms with Gasteiger partial charge in [-0.15, -0.1) is 0 Å². The van der Waals surface area contributed by atoms with Crippen LogP contribution in [0.1, 0.15) is 13.3 Å². The molecule has 4 nitrogen and oxygen atoms in total. The van der Waals surface area contributed by atoms with E-state index in [4.69, 9.17) is 4.74 Å². The van der Waals surface area contributed by atoms with Crippen LogP contribution >= 0.6 is 31.9 Å². The summed E-state index contributed by atoms with van der Waals surface area (Å²) in [7, 11) is 0. The molecule has 2 amide bonds. The van der Waals surface area contributed by atoms with Crippen molar-refractivity contribution in [3.8, 4) is 0 Å². The van der Waals surface area contributed by atoms with Crippen LogP contribution in [0.25, 0.3) is 0 Å². The van der Waals surface area contributed by atoms with Crippen molar-refractivity contribution in [2.75, 3.05) is 19.8 Å². The minimum atomic E-state index is -0.313. The van der Waals surface area contributed by atoms with Gasteiger partial charge in [-0.3, -0.25) is 14.5 Å². The van der Waals surface area contributed by atoms with E-state index in [2.05, 4.69) is 31.9 Å². The second-order valence-electron chi connectivity index (χ2n) is 3.00. The van der Waals surface area contributed by atoms with Gasteiger partial charge in [0.2, 0.25) is 0 Å². The van der Waals surface area contributed by atoms with Crippen molar-refractivity contribution < 1.29 is 14.3 Å². The SMILES string of the molecule is CCCOCCN1C(=O)C(Br)=C(Br)C1=O. The fourth-order valence-electron chi connectivity index (χ4n) is 1.12. The zero-order chi connectivity index (χ0) is 11.4. The Bertz CT molecular complexity index is 290. The molecule has 1 rings (SSSR count). The van der Waals surface area contributed by atoms with Crippen LogP contribution in [0.3, 0.4) is 0 Å². The first kappa shape index (κ1) is 12.9. The molecular weight excluding hydrogens is 330 g/mol. The molecule has 0 N–H and O–H groups in total. The molecule has 0 saturated heterocycles. The Labute approximate surface area is 105 Å². The summed E-state index contributed by atoms with van der Waals surface area (Å²) in [5.74, 6) is -0.626. The lowest BCUT2D eigenvalue weighted by molar-refractivity contribution is -0.137. The average molecular weight is 341 g/mol. The summed E-state index contributed by atoms with van der Waals surface area (Å²) in [6.07, 6.45) is 0.924. The topological polar surface area (TPSA) is 46.6 Å². The Morgan fingerprint density at radius 1 is 1.13 bits per heavy atom. The highest BCUT2D eigenvalue weighted by Gasteiger charge is 2.35. The number of halogens is 2. The minimum absolute atomic E-state index is 0.281. The summed E-state index contributed by atoms with van der Waals surface area (Å²) in [5.41, 5.74) is 0. The Balaban J connectivity index is 2.46. The van der Waals surface area contributed by atoms with Crippen LogP contribution in [0, 0.1) is 0 Å². The van der Waals surface area contributed by atoms with Crippen LogP contribution in [0.4, 0.5) is 0 Å². The number of ether oxygens (including phenoxy) is 1. The summed E-state index contributed by atoms with van der Waals surface area (Å²) >= 11 is 6.10. The first-order chi connectivity index (χ1) is 7.09. The van der Waals surface area contributed by atoms with E-state index in [1.807, 2.05) is 6.92 Å². The number of carbonyl (C=O) groups is 2. The number of nitrogens with zero attached hydrogens (tertiary/aromatic N) is 1. The van der Waals surface area contributed by atoms with Gasteiger partial charge >= 0.3 is 0 Å². The average Bonchev–Trinajstić information content (AvgIpc) is 2.41. The minimum Gasteiger partial charge on any atom is -0.380 e. The van der Waals surface area contributed by atoms with Gasteiger partial charge in [0.25, 0.3) is 11.8 Å². The maximum Gasteiger partial charge on any atom is 0.269 e. The van der Waals surface area contributed by atoms with Gasteiger partial charge in [-0.05, 0) is 38.3 Å². The molecule has 0 spiro atoms. The zero-order valence-electron chi connectivity index (χ0n) is 8.26. The Kier molecular flexibility index (Phi) is 4.95. The number of hydrogen-bond acceptors (Lipinski definition) is 3. The summed E-state index contributed by atoms with van der Waals surface area (Å²) in [6, 6.07) is 0. The Morgan fingerprint density at radius 3 is 2.13 bits per heavy atom. The van der Waals surface area contributed by atoms with Crippen molar-refractivity contribution in [1.82, 2.24) is 4.90 Å². The van der Waals surface area contributed by atoms with Crippen molar-refractivity contribution in [2.24, 2.45) is 0 Å². The van der Waals surface area contributed by atoms with Gasteiger partial charge in [0.05, 0.1) is 13.2 Å². The van der Waals surface area contributed by atoms with Crippen LogP contribution in [0.15, 0.2) is 8.96 Å². The fraction of sp³-hybridized carbons (Fsp3) is 0.556. The molecule has 0 aromatic heterocycles. The molecule has 1 heterocycles. The third-order valence-electron chi connectivity index (χ3n) is 1.87. The van der Waals surface area contributed by atoms with Crippen molar-refractivity contribution in [3.05, 3.63) is 8.96 Å². The highest BCUT2D eigenvalue weighted by Crippen LogP contribution is 2.28. The second kappa shape index (κ2) is 5.77. The van der Waals surface area contributed by atoms with E-state index in [1.54, 1.807) is 0 Å². The lowest BCUT2D eigenvalue weighted by Gasteiger charge is -2.13. The molecule has 0 aromatic carbocycles. The highest BCUT2D eigenvalue weighted by atomic mass is 79.9. The summed E-state index contributed by atoms with van der Waals surface area (Å²) < 4.78 is 5.78. The molecule has 0 fully saturated rings. The molecule has 0 bridgehead atoms. The summed E-state index contributed by atoms with van der Waals surface area (Å²) in [4.78, 5) is 24.2. The van der Waals surface area contributed by atoms with E-state index < -0.39 is 0 Å². The molecule has 0 saturated carbocycles. The largest absolute Gasteiger partial charge is 0.380 e. The smallest absolute Gasteiger partial charge is 0.269 e. The maximum absolute atomic E-state index is 11.5. The molecule has 0 atom stereocenters. The van der Waals surface area contributed by atoms with Gasteiger partial charge < -0.3 is 4.74 Å². The molecular formula is C9H11Br2NO3. The van der Waals surface area contributed by atoms with Crippen LogP contribution in [0.5, 0.6) is 0 Å². The standard InChI is InChI=1S/C9H11Br2NO3/c1-2-4-15-5-3-12-8(13)6(10)7(11)9(12)14/h2-5H2,1H3. The monoisotopic (exact) mass is 339 g/mol. The van der Waals surface area contributed by atoms with E-state index in [-0.39, 0.29) is 20.8 Å². The molecule has 0 unspecified atom stereocenters. The number of imide groups is 1. The highest BCUT2D eigenvalue weighted by molar-refractivity contribution is 9.14. The molecule has 1 aliphatic heterocycles. The predicted octanol–water partition coefficient (Wildman–Crippen LogP) is 1.78. The quantitative estimate of drug-likeness (QED) is 0.566. The third-order valence-corrected chi connectivity index (χ3v) is 3.87. The van der Waals surface area contributed by atoms with Crippen molar-refractivity contribution in [1.29, 1.82) is 0 Å². The summed E-state index contributed by atoms with van der Waals surface area (Å²) in [6.45, 7) is 3.32. The second-order valence-corrected chi connectivity index (χ2v) is 4.59. The van der Waals surface area contributed by atoms with Crippen LogP contribution in [-0.2, 0) is 14.3 Å². The first-order valence-electron chi connectivity index (χ1n) is 4.58. The molecule has 84 valence electrons. The number of hydrogen-bond donors (Lipinski definition) is 0. The van der Waals surface area contributed by atoms with Gasteiger partial charge in [-0.1, -0.05) is 6.92 Å². The van der Waals surface area contributed by atoms with Crippen molar-refractivity contribution >= 4 is 43.7 Å². The lowest BCUT2D eigenvalue weighted by Crippen LogP contribution is -2.34. The van der Waals surface area contributed by atoms with Crippen LogP contribution in [0.2, 0.25) is 0 Å². The van der Waals surface area contributed by atoms with Crippen LogP contribution < -0.4 is 0 Å². The van der Waals surface area contributed by atoms with Crippen molar-refractivity contribution in [2.45, 2.75) is 13.3 Å². The third kappa shape index (κ3) is 2.89. The number of carbonyl (C=O) groups excluding carboxylic acids is 2. The zero-order valence-corrected chi connectivity index (χ0v) is 11.4. The number of amides is 2. The van der Waals surface area contributed by atoms with Gasteiger partial charge in [0, 0.05) is 6.61 Å². The maximum atomic E-state index is 11.5. The molecule has 15 heavy (non-hydrogen) atoms. The fourth-order valence-corrected chi connectivity index (χ4v) is 1.89. The van der Waals surface area contributed by atoms with E-state index in [9.17, 15) is 9.59 Å². The van der Waals surface area contributed by atoms with E-state index in [0.717, 1.165) is 11.3 Å². The van der Waals surface area contributed by atoms with Gasteiger partial charge in [0.1, 0.15) is 8.96 Å². The van der Waals surface area contributed by atoms with Crippen LogP contribution in [-0.4, -0.2) is 36.5 Å². The molecule has 6 heteroatoms. The van der Waals surface area contributed by atoms with Gasteiger partial charge in [-0.25, -0.2) is 0 Å². The molecule has 0 aromatic rings. The normalized spacial score (nSPS) is 16.9. The Morgan fingerprint density at radius 2 is 1.67 bits per heavy atom. The molecule has 0 aliphatic carbocycles. The molecule has 1 aliphatic rings. The van der Waals surface area contributed by atoms with E-state index in [1.165, 1.54) is 0 Å². The predicted molar refractivity (Wildman–Crippen MR) is 62.7 cm³/mol. The van der Waals surface area contributed by atoms with Gasteiger partial charge in [-0.2, -0.15) is 0 Å².